The fourth-order valence-electron chi connectivity index (χ4n) is 2.78. The Hall–Kier alpha value is -3.48. The van der Waals surface area contributed by atoms with E-state index >= 15 is 0 Å². The fraction of sp³-hybridized carbons (Fsp3) is 0.304. The fourth-order valence-corrected chi connectivity index (χ4v) is 2.78. The molecule has 0 saturated heterocycles. The van der Waals surface area contributed by atoms with Crippen LogP contribution in [0.25, 0.3) is 11.5 Å². The molecule has 3 rings (SSSR count). The largest absolute Gasteiger partial charge is 0.334 e. The average molecular weight is 406 g/mol. The van der Waals surface area contributed by atoms with E-state index in [4.69, 9.17) is 4.52 Å². The maximum Gasteiger partial charge on any atom is 0.258 e. The summed E-state index contributed by atoms with van der Waals surface area (Å²) in [6.07, 6.45) is 0.379. The van der Waals surface area contributed by atoms with Gasteiger partial charge in [0, 0.05) is 23.2 Å². The summed E-state index contributed by atoms with van der Waals surface area (Å²) in [6, 6.07) is 12.5. The summed E-state index contributed by atoms with van der Waals surface area (Å²) >= 11 is 0. The Bertz CT molecular complexity index is 1080. The van der Waals surface area contributed by atoms with Crippen LogP contribution in [0, 0.1) is 6.92 Å². The summed E-state index contributed by atoms with van der Waals surface area (Å²) in [5, 5.41) is 9.78. The molecule has 30 heavy (non-hydrogen) atoms. The molecule has 7 nitrogen and oxygen atoms in total. The van der Waals surface area contributed by atoms with Crippen molar-refractivity contribution in [2.75, 3.05) is 10.6 Å². The van der Waals surface area contributed by atoms with Gasteiger partial charge in [-0.2, -0.15) is 4.98 Å². The van der Waals surface area contributed by atoms with Gasteiger partial charge < -0.3 is 15.2 Å². The van der Waals surface area contributed by atoms with Gasteiger partial charge in [-0.1, -0.05) is 51.1 Å². The molecule has 2 amide bonds. The number of nitrogens with one attached hydrogen (secondary N) is 2. The van der Waals surface area contributed by atoms with Crippen LogP contribution in [0.4, 0.5) is 11.4 Å². The summed E-state index contributed by atoms with van der Waals surface area (Å²) in [5.74, 6) is 0.477. The van der Waals surface area contributed by atoms with Gasteiger partial charge in [0.15, 0.2) is 5.82 Å². The van der Waals surface area contributed by atoms with E-state index in [0.717, 1.165) is 5.56 Å². The van der Waals surface area contributed by atoms with E-state index in [1.54, 1.807) is 37.3 Å². The number of carbonyl (C=O) groups excluding carboxylic acids is 2. The third-order valence-electron chi connectivity index (χ3n) is 4.59. The van der Waals surface area contributed by atoms with Crippen LogP contribution in [0.3, 0.4) is 0 Å². The first kappa shape index (κ1) is 21.2. The van der Waals surface area contributed by atoms with Gasteiger partial charge in [0.2, 0.25) is 5.91 Å². The lowest BCUT2D eigenvalue weighted by atomic mass is 9.96. The molecule has 3 aromatic rings. The summed E-state index contributed by atoms with van der Waals surface area (Å²) < 4.78 is 5.43. The molecule has 2 aromatic carbocycles. The van der Waals surface area contributed by atoms with Crippen LogP contribution in [-0.2, 0) is 10.2 Å². The smallest absolute Gasteiger partial charge is 0.258 e. The van der Waals surface area contributed by atoms with Crippen molar-refractivity contribution < 1.29 is 14.1 Å². The standard InChI is InChI=1S/C23H26N4O3/c1-6-19(28)24-15-12-11-14(2)18(13-15)25-20(29)16-9-7-8-10-17(16)21-26-22(27-30-21)23(3,4)5/h7-13H,6H2,1-5H3,(H,24,28)(H,25,29). The molecular weight excluding hydrogens is 380 g/mol. The maximum absolute atomic E-state index is 13.1. The highest BCUT2D eigenvalue weighted by Crippen LogP contribution is 2.27. The summed E-state index contributed by atoms with van der Waals surface area (Å²) in [6.45, 7) is 9.65. The van der Waals surface area contributed by atoms with Crippen molar-refractivity contribution in [2.24, 2.45) is 0 Å². The molecule has 0 radical (unpaired) electrons. The van der Waals surface area contributed by atoms with E-state index in [-0.39, 0.29) is 17.2 Å². The second-order valence-corrected chi connectivity index (χ2v) is 8.10. The number of anilines is 2. The number of carbonyl (C=O) groups is 2. The lowest BCUT2D eigenvalue weighted by Gasteiger charge is -2.13. The first-order valence-electron chi connectivity index (χ1n) is 9.84. The quantitative estimate of drug-likeness (QED) is 0.625. The lowest BCUT2D eigenvalue weighted by Crippen LogP contribution is -2.15. The molecular formula is C23H26N4O3. The number of benzene rings is 2. The Balaban J connectivity index is 1.90. The first-order valence-corrected chi connectivity index (χ1v) is 9.84. The van der Waals surface area contributed by atoms with Gasteiger partial charge >= 0.3 is 0 Å². The zero-order chi connectivity index (χ0) is 21.9. The van der Waals surface area contributed by atoms with E-state index < -0.39 is 0 Å². The van der Waals surface area contributed by atoms with Crippen LogP contribution < -0.4 is 10.6 Å². The topological polar surface area (TPSA) is 97.1 Å². The third kappa shape index (κ3) is 4.74. The van der Waals surface area contributed by atoms with Crippen molar-refractivity contribution in [3.63, 3.8) is 0 Å². The number of aromatic nitrogens is 2. The van der Waals surface area contributed by atoms with Crippen LogP contribution in [0.2, 0.25) is 0 Å². The van der Waals surface area contributed by atoms with Gasteiger partial charge in [-0.05, 0) is 36.8 Å². The molecule has 2 N–H and O–H groups in total. The van der Waals surface area contributed by atoms with E-state index in [1.807, 2.05) is 39.8 Å². The van der Waals surface area contributed by atoms with Crippen LogP contribution >= 0.6 is 0 Å². The lowest BCUT2D eigenvalue weighted by molar-refractivity contribution is -0.115. The first-order chi connectivity index (χ1) is 14.2. The Kier molecular flexibility index (Phi) is 6.01. The second kappa shape index (κ2) is 8.49. The zero-order valence-electron chi connectivity index (χ0n) is 17.9. The van der Waals surface area contributed by atoms with Gasteiger partial charge in [0.1, 0.15) is 0 Å². The van der Waals surface area contributed by atoms with Gasteiger partial charge in [0.05, 0.1) is 11.1 Å². The highest BCUT2D eigenvalue weighted by Gasteiger charge is 2.23. The number of hydrogen-bond donors (Lipinski definition) is 2. The minimum Gasteiger partial charge on any atom is -0.334 e. The molecule has 1 heterocycles. The summed E-state index contributed by atoms with van der Waals surface area (Å²) in [4.78, 5) is 29.2. The van der Waals surface area contributed by atoms with Gasteiger partial charge in [-0.15, -0.1) is 0 Å². The minimum absolute atomic E-state index is 0.0903. The molecule has 0 aliphatic heterocycles. The highest BCUT2D eigenvalue weighted by molar-refractivity contribution is 6.08. The summed E-state index contributed by atoms with van der Waals surface area (Å²) in [5.41, 5.74) is 2.84. The maximum atomic E-state index is 13.1. The minimum atomic E-state index is -0.303. The molecule has 0 bridgehead atoms. The molecule has 0 aliphatic rings. The van der Waals surface area contributed by atoms with E-state index in [9.17, 15) is 9.59 Å². The number of amides is 2. The molecule has 0 spiro atoms. The molecule has 0 saturated carbocycles. The Labute approximate surface area is 175 Å². The number of aryl methyl sites for hydroxylation is 1. The molecule has 0 atom stereocenters. The van der Waals surface area contributed by atoms with Crippen LogP contribution in [0.15, 0.2) is 47.0 Å². The number of nitrogens with zero attached hydrogens (tertiary/aromatic N) is 2. The second-order valence-electron chi connectivity index (χ2n) is 8.10. The molecule has 1 aromatic heterocycles. The van der Waals surface area contributed by atoms with Crippen molar-refractivity contribution in [3.8, 4) is 11.5 Å². The van der Waals surface area contributed by atoms with E-state index in [0.29, 0.717) is 40.6 Å². The molecule has 7 heteroatoms. The van der Waals surface area contributed by atoms with Gasteiger partial charge in [-0.3, -0.25) is 9.59 Å². The Morgan fingerprint density at radius 3 is 2.47 bits per heavy atom. The van der Waals surface area contributed by atoms with Crippen molar-refractivity contribution in [1.29, 1.82) is 0 Å². The van der Waals surface area contributed by atoms with E-state index in [1.165, 1.54) is 0 Å². The molecule has 156 valence electrons. The van der Waals surface area contributed by atoms with Gasteiger partial charge in [-0.25, -0.2) is 0 Å². The molecule has 0 fully saturated rings. The van der Waals surface area contributed by atoms with Crippen molar-refractivity contribution in [3.05, 3.63) is 59.4 Å². The van der Waals surface area contributed by atoms with Crippen molar-refractivity contribution >= 4 is 23.2 Å². The highest BCUT2D eigenvalue weighted by atomic mass is 16.5. The molecule has 0 unspecified atom stereocenters. The van der Waals surface area contributed by atoms with Crippen LogP contribution in [0.5, 0.6) is 0 Å². The monoisotopic (exact) mass is 406 g/mol. The van der Waals surface area contributed by atoms with E-state index in [2.05, 4.69) is 20.8 Å². The Morgan fingerprint density at radius 1 is 1.07 bits per heavy atom. The van der Waals surface area contributed by atoms with Crippen molar-refractivity contribution in [1.82, 2.24) is 10.1 Å². The SMILES string of the molecule is CCC(=O)Nc1ccc(C)c(NC(=O)c2ccccc2-c2nc(C(C)(C)C)no2)c1. The predicted molar refractivity (Wildman–Crippen MR) is 116 cm³/mol. The number of hydrogen-bond acceptors (Lipinski definition) is 5. The molecule has 0 aliphatic carbocycles. The van der Waals surface area contributed by atoms with Crippen LogP contribution in [-0.4, -0.2) is 22.0 Å². The van der Waals surface area contributed by atoms with Crippen molar-refractivity contribution in [2.45, 2.75) is 46.5 Å². The summed E-state index contributed by atoms with van der Waals surface area (Å²) in [7, 11) is 0. The average Bonchev–Trinajstić information content (AvgIpc) is 3.21. The van der Waals surface area contributed by atoms with Crippen LogP contribution in [0.1, 0.15) is 55.9 Å². The zero-order valence-corrected chi connectivity index (χ0v) is 17.9. The third-order valence-corrected chi connectivity index (χ3v) is 4.59. The Morgan fingerprint density at radius 2 is 1.80 bits per heavy atom. The van der Waals surface area contributed by atoms with Gasteiger partial charge in [0.25, 0.3) is 11.8 Å². The number of rotatable bonds is 5. The predicted octanol–water partition coefficient (Wildman–Crippen LogP) is 4.94. The normalized spacial score (nSPS) is 11.2.